The van der Waals surface area contributed by atoms with Crippen LogP contribution in [-0.2, 0) is 41.6 Å². The first kappa shape index (κ1) is 24.9. The third-order valence-electron chi connectivity index (χ3n) is 6.50. The second-order valence-electron chi connectivity index (χ2n) is 10.4. The molecule has 0 unspecified atom stereocenters. The van der Waals surface area contributed by atoms with E-state index in [0.29, 0.717) is 18.4 Å². The van der Waals surface area contributed by atoms with Crippen LogP contribution in [0.1, 0.15) is 51.7 Å². The lowest BCUT2D eigenvalue weighted by Crippen LogP contribution is -2.54. The molecule has 2 fully saturated rings. The Hall–Kier alpha value is -3.25. The summed E-state index contributed by atoms with van der Waals surface area (Å²) in [5.41, 5.74) is -1.71. The van der Waals surface area contributed by atoms with Gasteiger partial charge >= 0.3 is 11.9 Å². The fraction of sp³-hybridized carbons (Fsp3) is 0.414. The highest BCUT2D eigenvalue weighted by atomic mass is 16.6. The number of hydrogen-bond acceptors (Lipinski definition) is 6. The van der Waals surface area contributed by atoms with Crippen molar-refractivity contribution in [2.75, 3.05) is 0 Å². The molecule has 0 aliphatic carbocycles. The smallest absolute Gasteiger partial charge is 0.351 e. The SMILES string of the molecule is CC(C)(C)OC(=O)[C@]12O[C@](C)(CCC1=O)[C@@H](C(=O)OCc1ccccc1)/C2=C\Cc1ccccc1. The van der Waals surface area contributed by atoms with Gasteiger partial charge < -0.3 is 14.2 Å². The number of carbonyl (C=O) groups excluding carboxylic acids is 3. The monoisotopic (exact) mass is 476 g/mol. The van der Waals surface area contributed by atoms with Gasteiger partial charge in [0, 0.05) is 6.42 Å². The second-order valence-corrected chi connectivity index (χ2v) is 10.4. The van der Waals surface area contributed by atoms with Crippen LogP contribution in [0, 0.1) is 5.92 Å². The number of ketones is 1. The minimum Gasteiger partial charge on any atom is -0.460 e. The third kappa shape index (κ3) is 4.94. The molecule has 6 heteroatoms. The molecule has 6 nitrogen and oxygen atoms in total. The molecule has 2 aliphatic rings. The van der Waals surface area contributed by atoms with Gasteiger partial charge in [0.15, 0.2) is 5.78 Å². The van der Waals surface area contributed by atoms with Crippen LogP contribution in [0.5, 0.6) is 0 Å². The lowest BCUT2D eigenvalue weighted by atomic mass is 9.80. The van der Waals surface area contributed by atoms with E-state index in [0.717, 1.165) is 11.1 Å². The molecular weight excluding hydrogens is 444 g/mol. The van der Waals surface area contributed by atoms with E-state index in [1.165, 1.54) is 0 Å². The lowest BCUT2D eigenvalue weighted by molar-refractivity contribution is -0.198. The van der Waals surface area contributed by atoms with Gasteiger partial charge in [-0.1, -0.05) is 66.7 Å². The van der Waals surface area contributed by atoms with Crippen molar-refractivity contribution in [3.05, 3.63) is 83.4 Å². The molecule has 2 bridgehead atoms. The number of rotatable bonds is 6. The van der Waals surface area contributed by atoms with E-state index in [1.54, 1.807) is 33.8 Å². The van der Waals surface area contributed by atoms with Gasteiger partial charge in [0.2, 0.25) is 5.60 Å². The first-order chi connectivity index (χ1) is 16.6. The van der Waals surface area contributed by atoms with E-state index >= 15 is 0 Å². The van der Waals surface area contributed by atoms with Gasteiger partial charge in [-0.15, -0.1) is 0 Å². The maximum Gasteiger partial charge on any atom is 0.351 e. The number of Topliss-reactive ketones (excluding diaryl/α,β-unsaturated/α-hetero) is 1. The van der Waals surface area contributed by atoms with Crippen molar-refractivity contribution in [2.45, 2.75) is 70.4 Å². The molecule has 0 radical (unpaired) electrons. The highest BCUT2D eigenvalue weighted by molar-refractivity contribution is 6.13. The third-order valence-corrected chi connectivity index (χ3v) is 6.50. The highest BCUT2D eigenvalue weighted by Gasteiger charge is 2.70. The Morgan fingerprint density at radius 3 is 2.23 bits per heavy atom. The van der Waals surface area contributed by atoms with Gasteiger partial charge in [-0.2, -0.15) is 0 Å². The van der Waals surface area contributed by atoms with E-state index in [4.69, 9.17) is 14.2 Å². The molecule has 35 heavy (non-hydrogen) atoms. The number of esters is 2. The van der Waals surface area contributed by atoms with E-state index in [9.17, 15) is 14.4 Å². The van der Waals surface area contributed by atoms with E-state index < -0.39 is 34.7 Å². The van der Waals surface area contributed by atoms with Crippen LogP contribution in [0.4, 0.5) is 0 Å². The van der Waals surface area contributed by atoms with Crippen molar-refractivity contribution in [2.24, 2.45) is 5.92 Å². The zero-order valence-corrected chi connectivity index (χ0v) is 20.7. The molecule has 0 aromatic heterocycles. The zero-order valence-electron chi connectivity index (χ0n) is 20.7. The molecule has 0 N–H and O–H groups in total. The van der Waals surface area contributed by atoms with Crippen molar-refractivity contribution in [3.63, 3.8) is 0 Å². The van der Waals surface area contributed by atoms with E-state index in [2.05, 4.69) is 0 Å². The Balaban J connectivity index is 1.75. The molecular formula is C29H32O6. The normalized spacial score (nSPS) is 27.0. The maximum atomic E-state index is 13.6. The maximum absolute atomic E-state index is 13.6. The molecule has 2 heterocycles. The standard InChI is InChI=1S/C29H32O6/c1-27(2,3)34-26(32)29-22(16-15-20-11-7-5-8-12-20)24(28(4,35-29)18-17-23(29)30)25(31)33-19-21-13-9-6-10-14-21/h5-14,16,24H,15,17-19H2,1-4H3/b22-16+/t24-,28-,29-/m1/s1. The van der Waals surface area contributed by atoms with Crippen LogP contribution in [-0.4, -0.2) is 34.5 Å². The largest absolute Gasteiger partial charge is 0.460 e. The molecule has 2 aliphatic heterocycles. The minimum absolute atomic E-state index is 0.0889. The molecule has 0 spiro atoms. The predicted molar refractivity (Wildman–Crippen MR) is 130 cm³/mol. The van der Waals surface area contributed by atoms with Crippen molar-refractivity contribution < 1.29 is 28.6 Å². The number of benzene rings is 2. The summed E-state index contributed by atoms with van der Waals surface area (Å²) in [5, 5.41) is 0. The summed E-state index contributed by atoms with van der Waals surface area (Å²) in [4.78, 5) is 40.5. The molecule has 3 atom stereocenters. The van der Waals surface area contributed by atoms with Gasteiger partial charge in [-0.05, 0) is 57.2 Å². The van der Waals surface area contributed by atoms with Gasteiger partial charge in [0.25, 0.3) is 0 Å². The molecule has 0 amide bonds. The van der Waals surface area contributed by atoms with Crippen LogP contribution in [0.25, 0.3) is 0 Å². The molecule has 4 rings (SSSR count). The predicted octanol–water partition coefficient (Wildman–Crippen LogP) is 4.75. The Kier molecular flexibility index (Phi) is 6.69. The fourth-order valence-corrected chi connectivity index (χ4v) is 4.87. The Morgan fingerprint density at radius 1 is 1.03 bits per heavy atom. The van der Waals surface area contributed by atoms with Crippen LogP contribution < -0.4 is 0 Å². The summed E-state index contributed by atoms with van der Waals surface area (Å²) < 4.78 is 17.7. The number of ether oxygens (including phenoxy) is 3. The Morgan fingerprint density at radius 2 is 1.63 bits per heavy atom. The van der Waals surface area contributed by atoms with E-state index in [-0.39, 0.29) is 18.8 Å². The second kappa shape index (κ2) is 9.42. The Bertz CT molecular complexity index is 1130. The Labute approximate surface area is 206 Å². The number of fused-ring (bicyclic) bond motifs is 2. The number of carbonyl (C=O) groups is 3. The van der Waals surface area contributed by atoms with Gasteiger partial charge in [0.1, 0.15) is 18.1 Å². The molecule has 2 aromatic carbocycles. The summed E-state index contributed by atoms with van der Waals surface area (Å²) in [6.07, 6.45) is 2.63. The summed E-state index contributed by atoms with van der Waals surface area (Å²) in [7, 11) is 0. The lowest BCUT2D eigenvalue weighted by Gasteiger charge is -2.37. The zero-order chi connectivity index (χ0) is 25.3. The van der Waals surface area contributed by atoms with Gasteiger partial charge in [0.05, 0.1) is 5.60 Å². The molecule has 0 saturated carbocycles. The van der Waals surface area contributed by atoms with Gasteiger partial charge in [-0.25, -0.2) is 4.79 Å². The summed E-state index contributed by atoms with van der Waals surface area (Å²) in [6, 6.07) is 19.0. The van der Waals surface area contributed by atoms with Crippen molar-refractivity contribution in [3.8, 4) is 0 Å². The summed E-state index contributed by atoms with van der Waals surface area (Å²) in [5.74, 6) is -2.59. The average molecular weight is 477 g/mol. The number of hydrogen-bond donors (Lipinski definition) is 0. The first-order valence-corrected chi connectivity index (χ1v) is 12.0. The first-order valence-electron chi connectivity index (χ1n) is 12.0. The van der Waals surface area contributed by atoms with E-state index in [1.807, 2.05) is 60.7 Å². The average Bonchev–Trinajstić information content (AvgIpc) is 3.05. The fourth-order valence-electron chi connectivity index (χ4n) is 4.87. The number of allylic oxidation sites excluding steroid dienone is 1. The van der Waals surface area contributed by atoms with Gasteiger partial charge in [-0.3, -0.25) is 9.59 Å². The molecule has 2 aromatic rings. The highest BCUT2D eigenvalue weighted by Crippen LogP contribution is 2.54. The molecule has 2 saturated heterocycles. The molecule has 184 valence electrons. The van der Waals surface area contributed by atoms with Crippen LogP contribution in [0.15, 0.2) is 72.3 Å². The quantitative estimate of drug-likeness (QED) is 0.340. The van der Waals surface area contributed by atoms with Crippen molar-refractivity contribution in [1.29, 1.82) is 0 Å². The minimum atomic E-state index is -1.95. The summed E-state index contributed by atoms with van der Waals surface area (Å²) in [6.45, 7) is 7.08. The topological polar surface area (TPSA) is 78.9 Å². The van der Waals surface area contributed by atoms with Crippen LogP contribution in [0.2, 0.25) is 0 Å². The van der Waals surface area contributed by atoms with Crippen LogP contribution in [0.3, 0.4) is 0 Å². The van der Waals surface area contributed by atoms with Crippen molar-refractivity contribution in [1.82, 2.24) is 0 Å². The summed E-state index contributed by atoms with van der Waals surface area (Å²) >= 11 is 0. The van der Waals surface area contributed by atoms with Crippen LogP contribution >= 0.6 is 0 Å². The van der Waals surface area contributed by atoms with Crippen molar-refractivity contribution >= 4 is 17.7 Å².